The molecule has 5 atom stereocenters. The highest BCUT2D eigenvalue weighted by molar-refractivity contribution is 5.86. The van der Waals surface area contributed by atoms with E-state index in [-0.39, 0.29) is 43.4 Å². The number of nitrogens with zero attached hydrogens (tertiary/aromatic N) is 1. The zero-order valence-electron chi connectivity index (χ0n) is 31.4. The van der Waals surface area contributed by atoms with Crippen LogP contribution in [0.15, 0.2) is 89.7 Å². The molecular weight excluding hydrogens is 692 g/mol. The first-order valence-corrected chi connectivity index (χ1v) is 18.0. The number of amides is 3. The second-order valence-corrected chi connectivity index (χ2v) is 14.5. The van der Waals surface area contributed by atoms with E-state index in [4.69, 9.17) is 9.47 Å². The number of aromatic amines is 1. The average molecular weight is 745 g/mol. The molecule has 0 aliphatic carbocycles. The van der Waals surface area contributed by atoms with Crippen LogP contribution in [0.1, 0.15) is 51.6 Å². The van der Waals surface area contributed by atoms with Gasteiger partial charge in [0.2, 0.25) is 5.91 Å². The van der Waals surface area contributed by atoms with Crippen molar-refractivity contribution in [1.82, 2.24) is 31.2 Å². The summed E-state index contributed by atoms with van der Waals surface area (Å²) in [6, 6.07) is 23.0. The van der Waals surface area contributed by atoms with Gasteiger partial charge in [-0.25, -0.2) is 14.6 Å². The fourth-order valence-electron chi connectivity index (χ4n) is 5.74. The molecule has 0 unspecified atom stereocenters. The van der Waals surface area contributed by atoms with Gasteiger partial charge in [0.15, 0.2) is 6.61 Å². The fourth-order valence-corrected chi connectivity index (χ4v) is 5.74. The van der Waals surface area contributed by atoms with Crippen LogP contribution in [0, 0.1) is 5.92 Å². The fraction of sp³-hybridized carbons (Fsp3) is 0.425. The van der Waals surface area contributed by atoms with E-state index in [2.05, 4.69) is 31.2 Å². The number of hydrogen-bond acceptors (Lipinski definition) is 10. The van der Waals surface area contributed by atoms with E-state index in [9.17, 15) is 29.4 Å². The Hall–Kier alpha value is -5.31. The van der Waals surface area contributed by atoms with Crippen molar-refractivity contribution in [2.75, 3.05) is 13.1 Å². The second kappa shape index (κ2) is 19.7. The molecule has 14 heteroatoms. The molecule has 7 N–H and O–H groups in total. The number of hydrogen-bond donors (Lipinski definition) is 7. The zero-order valence-corrected chi connectivity index (χ0v) is 31.4. The quantitative estimate of drug-likeness (QED) is 0.0840. The number of aromatic nitrogens is 2. The largest absolute Gasteiger partial charge is 0.444 e. The molecule has 54 heavy (non-hydrogen) atoms. The molecular formula is C40H52N6O8. The Labute approximate surface area is 315 Å². The first kappa shape index (κ1) is 41.4. The van der Waals surface area contributed by atoms with Crippen LogP contribution in [0.5, 0.6) is 0 Å². The summed E-state index contributed by atoms with van der Waals surface area (Å²) in [5.41, 5.74) is 1.12. The smallest absolute Gasteiger partial charge is 0.408 e. The Morgan fingerprint density at radius 2 is 1.30 bits per heavy atom. The van der Waals surface area contributed by atoms with Gasteiger partial charge in [0.25, 0.3) is 5.56 Å². The molecule has 4 aromatic rings. The molecule has 0 saturated carbocycles. The number of fused-ring (bicyclic) bond motifs is 1. The van der Waals surface area contributed by atoms with Crippen molar-refractivity contribution < 1.29 is 34.1 Å². The Bertz CT molecular complexity index is 1870. The van der Waals surface area contributed by atoms with E-state index in [0.29, 0.717) is 17.3 Å². The molecule has 0 spiro atoms. The summed E-state index contributed by atoms with van der Waals surface area (Å²) in [6.07, 6.45) is -3.13. The lowest BCUT2D eigenvalue weighted by molar-refractivity contribution is -0.125. The Morgan fingerprint density at radius 3 is 1.85 bits per heavy atom. The molecule has 1 aromatic heterocycles. The molecule has 1 heterocycles. The van der Waals surface area contributed by atoms with Gasteiger partial charge in [0.1, 0.15) is 17.5 Å². The van der Waals surface area contributed by atoms with Crippen LogP contribution < -0.4 is 26.8 Å². The highest BCUT2D eigenvalue weighted by Gasteiger charge is 2.30. The topological polar surface area (TPSA) is 204 Å². The van der Waals surface area contributed by atoms with Crippen molar-refractivity contribution in [2.45, 2.75) is 90.0 Å². The minimum atomic E-state index is -1.12. The molecule has 3 aromatic carbocycles. The Kier molecular flexibility index (Phi) is 15.1. The number of para-hydroxylation sites is 1. The van der Waals surface area contributed by atoms with Crippen LogP contribution >= 0.6 is 0 Å². The summed E-state index contributed by atoms with van der Waals surface area (Å²) in [4.78, 5) is 58.5. The summed E-state index contributed by atoms with van der Waals surface area (Å²) < 4.78 is 10.7. The number of ether oxygens (including phenoxy) is 2. The summed E-state index contributed by atoms with van der Waals surface area (Å²) in [5.74, 6) is -0.753. The van der Waals surface area contributed by atoms with Gasteiger partial charge in [-0.2, -0.15) is 0 Å². The summed E-state index contributed by atoms with van der Waals surface area (Å²) in [6.45, 7) is 8.44. The van der Waals surface area contributed by atoms with E-state index < -0.39 is 54.0 Å². The number of aliphatic hydroxyl groups excluding tert-OH is 2. The monoisotopic (exact) mass is 744 g/mol. The number of H-pyrrole nitrogens is 1. The summed E-state index contributed by atoms with van der Waals surface area (Å²) >= 11 is 0. The van der Waals surface area contributed by atoms with E-state index in [0.717, 1.165) is 11.1 Å². The van der Waals surface area contributed by atoms with E-state index in [1.807, 2.05) is 60.7 Å². The molecule has 3 amide bonds. The number of rotatable bonds is 17. The lowest BCUT2D eigenvalue weighted by atomic mass is 9.98. The molecule has 0 saturated heterocycles. The van der Waals surface area contributed by atoms with Gasteiger partial charge in [0.05, 0.1) is 35.2 Å². The first-order valence-electron chi connectivity index (χ1n) is 18.0. The molecule has 0 aliphatic heterocycles. The van der Waals surface area contributed by atoms with Gasteiger partial charge >= 0.3 is 12.2 Å². The van der Waals surface area contributed by atoms with E-state index in [1.54, 1.807) is 58.9 Å². The minimum Gasteiger partial charge on any atom is -0.444 e. The molecule has 0 radical (unpaired) electrons. The van der Waals surface area contributed by atoms with Crippen LogP contribution in [0.25, 0.3) is 10.9 Å². The summed E-state index contributed by atoms with van der Waals surface area (Å²) in [5, 5.41) is 34.3. The predicted octanol–water partition coefficient (Wildman–Crippen LogP) is 3.35. The number of aliphatic hydroxyl groups is 2. The van der Waals surface area contributed by atoms with Crippen LogP contribution in [0.2, 0.25) is 0 Å². The lowest BCUT2D eigenvalue weighted by Crippen LogP contribution is -2.57. The van der Waals surface area contributed by atoms with Gasteiger partial charge in [-0.1, -0.05) is 86.6 Å². The number of carbonyl (C=O) groups is 3. The highest BCUT2D eigenvalue weighted by Crippen LogP contribution is 2.13. The third-order valence-corrected chi connectivity index (χ3v) is 8.49. The number of carbonyl (C=O) groups excluding carboxylic acids is 3. The SMILES string of the molecule is CC(C)[C@H](NC(=O)OCc1nc2ccccc2c(=O)[nH]1)C(=O)N[C@@H](Cc1ccccc1)[C@H](O)CNC[C@@H](O)[C@H](Cc1ccccc1)NC(=O)OC(C)(C)C. The van der Waals surface area contributed by atoms with Crippen LogP contribution in [0.4, 0.5) is 9.59 Å². The maximum absolute atomic E-state index is 13.7. The highest BCUT2D eigenvalue weighted by atomic mass is 16.6. The van der Waals surface area contributed by atoms with Gasteiger partial charge in [-0.05, 0) is 62.8 Å². The van der Waals surface area contributed by atoms with Crippen molar-refractivity contribution in [3.05, 3.63) is 112 Å². The number of benzene rings is 3. The van der Waals surface area contributed by atoms with Crippen LogP contribution in [-0.4, -0.2) is 87.3 Å². The average Bonchev–Trinajstić information content (AvgIpc) is 3.12. The maximum atomic E-state index is 13.7. The van der Waals surface area contributed by atoms with E-state index >= 15 is 0 Å². The Balaban J connectivity index is 1.38. The Morgan fingerprint density at radius 1 is 0.759 bits per heavy atom. The zero-order chi connectivity index (χ0) is 39.3. The molecule has 4 rings (SSSR count). The predicted molar refractivity (Wildman–Crippen MR) is 205 cm³/mol. The first-order chi connectivity index (χ1) is 25.7. The maximum Gasteiger partial charge on any atom is 0.408 e. The van der Waals surface area contributed by atoms with Gasteiger partial charge in [0, 0.05) is 13.1 Å². The lowest BCUT2D eigenvalue weighted by Gasteiger charge is -2.30. The van der Waals surface area contributed by atoms with Crippen molar-refractivity contribution in [3.8, 4) is 0 Å². The van der Waals surface area contributed by atoms with Crippen LogP contribution in [0.3, 0.4) is 0 Å². The number of nitrogens with one attached hydrogen (secondary N) is 5. The third-order valence-electron chi connectivity index (χ3n) is 8.49. The second-order valence-electron chi connectivity index (χ2n) is 14.5. The number of alkyl carbamates (subject to hydrolysis) is 2. The van der Waals surface area contributed by atoms with Crippen molar-refractivity contribution >= 4 is 29.0 Å². The van der Waals surface area contributed by atoms with Crippen molar-refractivity contribution in [1.29, 1.82) is 0 Å². The third kappa shape index (κ3) is 13.3. The molecule has 0 fully saturated rings. The molecule has 0 aliphatic rings. The van der Waals surface area contributed by atoms with E-state index in [1.165, 1.54) is 0 Å². The minimum absolute atomic E-state index is 0.00963. The van der Waals surface area contributed by atoms with Gasteiger partial charge in [-0.15, -0.1) is 0 Å². The van der Waals surface area contributed by atoms with Crippen molar-refractivity contribution in [3.63, 3.8) is 0 Å². The standard InChI is InChI=1S/C40H52N6O8/c1-25(2)35(46-38(51)53-24-34-42-29-19-13-12-18-28(29)36(49)45-34)37(50)43-30(20-26-14-8-6-9-15-26)32(47)22-41-23-33(48)31(21-27-16-10-7-11-17-27)44-39(52)54-40(3,4)5/h6-19,25,30-33,35,41,47-48H,20-24H2,1-5H3,(H,43,50)(H,44,52)(H,46,51)(H,42,45,49)/t30-,31-,32+,33+,35-/m0/s1. The van der Waals surface area contributed by atoms with Crippen molar-refractivity contribution in [2.24, 2.45) is 5.92 Å². The van der Waals surface area contributed by atoms with Gasteiger partial charge < -0.3 is 45.9 Å². The molecule has 290 valence electrons. The van der Waals surface area contributed by atoms with Gasteiger partial charge in [-0.3, -0.25) is 9.59 Å². The normalized spacial score (nSPS) is 14.4. The molecule has 14 nitrogen and oxygen atoms in total. The van der Waals surface area contributed by atoms with Crippen LogP contribution in [-0.2, 0) is 33.7 Å². The molecule has 0 bridgehead atoms. The summed E-state index contributed by atoms with van der Waals surface area (Å²) in [7, 11) is 0.